The van der Waals surface area contributed by atoms with Gasteiger partial charge in [-0.05, 0) is 19.5 Å². The Hall–Kier alpha value is -0.770. The van der Waals surface area contributed by atoms with E-state index in [9.17, 15) is 4.79 Å². The number of hydrogen-bond donors (Lipinski definition) is 1. The van der Waals surface area contributed by atoms with Crippen molar-refractivity contribution < 1.29 is 9.53 Å². The molecule has 0 aromatic heterocycles. The summed E-state index contributed by atoms with van der Waals surface area (Å²) in [4.78, 5) is 12.6. The van der Waals surface area contributed by atoms with Gasteiger partial charge in [-0.2, -0.15) is 0 Å². The Morgan fingerprint density at radius 2 is 2.55 bits per heavy atom. The Bertz CT molecular complexity index is 149. The molecule has 1 aliphatic heterocycles. The highest BCUT2D eigenvalue weighted by Crippen LogP contribution is 2.06. The number of nitrogens with one attached hydrogen (secondary N) is 1. The lowest BCUT2D eigenvalue weighted by Gasteiger charge is -2.16. The molecule has 1 atom stereocenters. The van der Waals surface area contributed by atoms with Crippen LogP contribution in [0.1, 0.15) is 6.42 Å². The van der Waals surface area contributed by atoms with E-state index < -0.39 is 0 Å². The minimum Gasteiger partial charge on any atom is -0.457 e. The molecule has 4 nitrogen and oxygen atoms in total. The average molecular weight is 157 g/mol. The van der Waals surface area contributed by atoms with Crippen molar-refractivity contribution in [2.24, 2.45) is 0 Å². The summed E-state index contributed by atoms with van der Waals surface area (Å²) in [5.74, 6) is 0. The first-order chi connectivity index (χ1) is 5.22. The standard InChI is InChI=1S/C7H13N2O2/c1-9-4-3-6(5-9)8-7(10)11-2/h6H,1,3-5H2,2H3,(H,8,10)/q-1/t6-/m1/s1. The zero-order chi connectivity index (χ0) is 8.27. The maximum Gasteiger partial charge on any atom is 0.407 e. The van der Waals surface area contributed by atoms with Crippen LogP contribution in [-0.4, -0.2) is 37.2 Å². The van der Waals surface area contributed by atoms with Crippen LogP contribution in [0.3, 0.4) is 0 Å². The van der Waals surface area contributed by atoms with Crippen LogP contribution in [0.25, 0.3) is 0 Å². The fraction of sp³-hybridized carbons (Fsp3) is 0.714. The first kappa shape index (κ1) is 8.33. The second-order valence-corrected chi connectivity index (χ2v) is 2.70. The molecule has 0 aliphatic carbocycles. The maximum atomic E-state index is 10.7. The van der Waals surface area contributed by atoms with Crippen LogP contribution in [-0.2, 0) is 4.74 Å². The van der Waals surface area contributed by atoms with E-state index in [1.807, 2.05) is 4.90 Å². The highest BCUT2D eigenvalue weighted by Gasteiger charge is 2.17. The molecular formula is C7H13N2O2-. The first-order valence-corrected chi connectivity index (χ1v) is 3.62. The average Bonchev–Trinajstić information content (AvgIpc) is 2.35. The van der Waals surface area contributed by atoms with Crippen LogP contribution in [0.2, 0.25) is 0 Å². The number of hydrogen-bond acceptors (Lipinski definition) is 3. The fourth-order valence-electron chi connectivity index (χ4n) is 1.18. The highest BCUT2D eigenvalue weighted by molar-refractivity contribution is 5.67. The number of methoxy groups -OCH3 is 1. The van der Waals surface area contributed by atoms with Crippen LogP contribution in [0, 0.1) is 7.05 Å². The third kappa shape index (κ3) is 2.38. The molecule has 0 saturated carbocycles. The van der Waals surface area contributed by atoms with Gasteiger partial charge in [0.1, 0.15) is 0 Å². The molecule has 1 aliphatic rings. The molecule has 0 bridgehead atoms. The van der Waals surface area contributed by atoms with Gasteiger partial charge in [0.25, 0.3) is 0 Å². The monoisotopic (exact) mass is 157 g/mol. The third-order valence-corrected chi connectivity index (χ3v) is 1.78. The molecule has 0 aromatic rings. The third-order valence-electron chi connectivity index (χ3n) is 1.78. The van der Waals surface area contributed by atoms with Crippen molar-refractivity contribution >= 4 is 6.09 Å². The van der Waals surface area contributed by atoms with E-state index >= 15 is 0 Å². The number of likely N-dealkylation sites (tertiary alicyclic amines) is 1. The molecule has 1 heterocycles. The summed E-state index contributed by atoms with van der Waals surface area (Å²) in [6.45, 7) is 1.75. The number of rotatable bonds is 1. The Morgan fingerprint density at radius 1 is 1.82 bits per heavy atom. The lowest BCUT2D eigenvalue weighted by molar-refractivity contribution is 0.167. The molecule has 0 aromatic carbocycles. The summed E-state index contributed by atoms with van der Waals surface area (Å²) in [5.41, 5.74) is 0. The molecule has 1 saturated heterocycles. The van der Waals surface area contributed by atoms with Gasteiger partial charge in [-0.1, -0.05) is 0 Å². The van der Waals surface area contributed by atoms with Gasteiger partial charge in [-0.3, -0.25) is 7.05 Å². The summed E-state index contributed by atoms with van der Waals surface area (Å²) in [6.07, 6.45) is 0.601. The molecule has 0 radical (unpaired) electrons. The summed E-state index contributed by atoms with van der Waals surface area (Å²) < 4.78 is 4.46. The van der Waals surface area contributed by atoms with Crippen molar-refractivity contribution in [3.63, 3.8) is 0 Å². The SMILES string of the molecule is [CH2-]N1CC[C@@H](NC(=O)OC)C1. The number of amides is 1. The summed E-state index contributed by atoms with van der Waals surface area (Å²) in [6, 6.07) is 0.208. The molecule has 1 N–H and O–H groups in total. The van der Waals surface area contributed by atoms with Crippen LogP contribution in [0.5, 0.6) is 0 Å². The molecular weight excluding hydrogens is 144 g/mol. The highest BCUT2D eigenvalue weighted by atomic mass is 16.5. The van der Waals surface area contributed by atoms with Crippen molar-refractivity contribution in [2.75, 3.05) is 20.2 Å². The summed E-state index contributed by atoms with van der Waals surface area (Å²) >= 11 is 0. The van der Waals surface area contributed by atoms with E-state index in [1.165, 1.54) is 7.11 Å². The lowest BCUT2D eigenvalue weighted by atomic mass is 10.3. The van der Waals surface area contributed by atoms with E-state index in [0.29, 0.717) is 0 Å². The topological polar surface area (TPSA) is 41.6 Å². The minimum absolute atomic E-state index is 0.208. The largest absolute Gasteiger partial charge is 0.457 e. The predicted octanol–water partition coefficient (Wildman–Crippen LogP) is 0.208. The first-order valence-electron chi connectivity index (χ1n) is 3.62. The van der Waals surface area contributed by atoms with Crippen molar-refractivity contribution in [1.82, 2.24) is 10.2 Å². The molecule has 1 amide bonds. The van der Waals surface area contributed by atoms with Crippen LogP contribution in [0.4, 0.5) is 4.79 Å². The van der Waals surface area contributed by atoms with Gasteiger partial charge in [-0.15, -0.1) is 0 Å². The van der Waals surface area contributed by atoms with Crippen molar-refractivity contribution in [1.29, 1.82) is 0 Å². The van der Waals surface area contributed by atoms with Crippen molar-refractivity contribution in [3.8, 4) is 0 Å². The lowest BCUT2D eigenvalue weighted by Crippen LogP contribution is -2.36. The molecule has 4 heteroatoms. The predicted molar refractivity (Wildman–Crippen MR) is 40.9 cm³/mol. The smallest absolute Gasteiger partial charge is 0.407 e. The number of carbonyl (C=O) groups is 1. The zero-order valence-corrected chi connectivity index (χ0v) is 6.67. The second-order valence-electron chi connectivity index (χ2n) is 2.70. The fourth-order valence-corrected chi connectivity index (χ4v) is 1.18. The Kier molecular flexibility index (Phi) is 2.70. The normalized spacial score (nSPS) is 25.1. The Balaban J connectivity index is 2.23. The van der Waals surface area contributed by atoms with E-state index in [2.05, 4.69) is 17.1 Å². The molecule has 0 unspecified atom stereocenters. The van der Waals surface area contributed by atoms with Gasteiger partial charge in [-0.25, -0.2) is 4.79 Å². The number of alkyl carbamates (subject to hydrolysis) is 1. The van der Waals surface area contributed by atoms with Crippen LogP contribution < -0.4 is 5.32 Å². The number of nitrogens with zero attached hydrogens (tertiary/aromatic N) is 1. The quantitative estimate of drug-likeness (QED) is 0.553. The molecule has 64 valence electrons. The second kappa shape index (κ2) is 3.57. The molecule has 1 fully saturated rings. The Morgan fingerprint density at radius 3 is 3.00 bits per heavy atom. The van der Waals surface area contributed by atoms with Gasteiger partial charge in [0, 0.05) is 6.04 Å². The van der Waals surface area contributed by atoms with Gasteiger partial charge in [0.2, 0.25) is 0 Å². The molecule has 0 spiro atoms. The number of ether oxygens (including phenoxy) is 1. The van der Waals surface area contributed by atoms with E-state index in [-0.39, 0.29) is 12.1 Å². The van der Waals surface area contributed by atoms with Gasteiger partial charge < -0.3 is 15.0 Å². The zero-order valence-electron chi connectivity index (χ0n) is 6.67. The number of carbonyl (C=O) groups excluding carboxylic acids is 1. The summed E-state index contributed by atoms with van der Waals surface area (Å²) in [7, 11) is 5.13. The van der Waals surface area contributed by atoms with Crippen molar-refractivity contribution in [3.05, 3.63) is 7.05 Å². The van der Waals surface area contributed by atoms with E-state index in [4.69, 9.17) is 0 Å². The van der Waals surface area contributed by atoms with Crippen LogP contribution >= 0.6 is 0 Å². The van der Waals surface area contributed by atoms with Gasteiger partial charge in [0.05, 0.1) is 7.11 Å². The minimum atomic E-state index is -0.356. The van der Waals surface area contributed by atoms with E-state index in [1.54, 1.807) is 0 Å². The Labute approximate surface area is 66.5 Å². The molecule has 1 rings (SSSR count). The maximum absolute atomic E-state index is 10.7. The van der Waals surface area contributed by atoms with Gasteiger partial charge in [0.15, 0.2) is 0 Å². The van der Waals surface area contributed by atoms with E-state index in [0.717, 1.165) is 19.5 Å². The summed E-state index contributed by atoms with van der Waals surface area (Å²) in [5, 5.41) is 2.72. The van der Waals surface area contributed by atoms with Crippen LogP contribution in [0.15, 0.2) is 0 Å². The van der Waals surface area contributed by atoms with Crippen molar-refractivity contribution in [2.45, 2.75) is 12.5 Å². The van der Waals surface area contributed by atoms with Gasteiger partial charge >= 0.3 is 6.09 Å². The molecule has 11 heavy (non-hydrogen) atoms.